The first-order valence-corrected chi connectivity index (χ1v) is 7.00. The predicted molar refractivity (Wildman–Crippen MR) is 82.5 cm³/mol. The van der Waals surface area contributed by atoms with E-state index in [-0.39, 0.29) is 36.6 Å². The smallest absolute Gasteiger partial charge is 0.313 e. The van der Waals surface area contributed by atoms with Crippen LogP contribution in [0.1, 0.15) is 38.4 Å². The molecule has 9 heteroatoms. The van der Waals surface area contributed by atoms with Gasteiger partial charge in [0.25, 0.3) is 0 Å². The number of hydrogen-bond acceptors (Lipinski definition) is 6. The van der Waals surface area contributed by atoms with E-state index in [2.05, 4.69) is 25.2 Å². The molecule has 2 unspecified atom stereocenters. The number of anilines is 1. The van der Waals surface area contributed by atoms with Crippen molar-refractivity contribution >= 4 is 30.2 Å². The number of rotatable bonds is 4. The molecule has 0 saturated heterocycles. The molecule has 124 valence electrons. The average molecular weight is 332 g/mol. The lowest BCUT2D eigenvalue weighted by atomic mass is 9.74. The molecular weight excluding hydrogens is 310 g/mol. The van der Waals surface area contributed by atoms with Crippen LogP contribution in [0.4, 0.5) is 5.95 Å². The lowest BCUT2D eigenvalue weighted by Gasteiger charge is -2.36. The van der Waals surface area contributed by atoms with Gasteiger partial charge >= 0.3 is 5.97 Å². The number of hydrogen-bond donors (Lipinski definition) is 3. The Morgan fingerprint density at radius 3 is 2.86 bits per heavy atom. The molecule has 22 heavy (non-hydrogen) atoms. The molecule has 4 N–H and O–H groups in total. The zero-order chi connectivity index (χ0) is 15.5. The number of carbonyl (C=O) groups excluding carboxylic acids is 2. The van der Waals surface area contributed by atoms with Gasteiger partial charge in [-0.2, -0.15) is 4.98 Å². The molecule has 1 amide bonds. The van der Waals surface area contributed by atoms with Crippen molar-refractivity contribution in [1.29, 1.82) is 0 Å². The minimum atomic E-state index is -0.506. The van der Waals surface area contributed by atoms with Crippen LogP contribution in [0.5, 0.6) is 0 Å². The third kappa shape index (κ3) is 4.41. The van der Waals surface area contributed by atoms with Crippen LogP contribution in [0.15, 0.2) is 0 Å². The van der Waals surface area contributed by atoms with E-state index in [1.807, 2.05) is 6.92 Å². The first-order valence-electron chi connectivity index (χ1n) is 7.00. The van der Waals surface area contributed by atoms with Crippen molar-refractivity contribution in [2.24, 2.45) is 11.7 Å². The number of ether oxygens (including phenoxy) is 1. The van der Waals surface area contributed by atoms with Crippen LogP contribution in [-0.2, 0) is 20.7 Å². The summed E-state index contributed by atoms with van der Waals surface area (Å²) >= 11 is 0. The number of aromatic amines is 1. The number of esters is 1. The summed E-state index contributed by atoms with van der Waals surface area (Å²) in [5.74, 6) is -0.362. The van der Waals surface area contributed by atoms with Crippen LogP contribution in [0.2, 0.25) is 0 Å². The van der Waals surface area contributed by atoms with Crippen molar-refractivity contribution < 1.29 is 14.3 Å². The van der Waals surface area contributed by atoms with Gasteiger partial charge in [-0.15, -0.1) is 17.5 Å². The van der Waals surface area contributed by atoms with Crippen molar-refractivity contribution in [3.8, 4) is 0 Å². The maximum atomic E-state index is 12.3. The van der Waals surface area contributed by atoms with E-state index in [0.29, 0.717) is 5.82 Å². The Balaban J connectivity index is 0.00000242. The number of amides is 1. The van der Waals surface area contributed by atoms with Crippen LogP contribution in [0, 0.1) is 5.92 Å². The summed E-state index contributed by atoms with van der Waals surface area (Å²) in [5, 5.41) is 9.12. The van der Waals surface area contributed by atoms with Crippen molar-refractivity contribution in [3.63, 3.8) is 0 Å². The van der Waals surface area contributed by atoms with Gasteiger partial charge in [0, 0.05) is 5.54 Å². The largest absolute Gasteiger partial charge is 0.469 e. The van der Waals surface area contributed by atoms with Crippen LogP contribution in [0.25, 0.3) is 0 Å². The third-order valence-corrected chi connectivity index (χ3v) is 3.88. The monoisotopic (exact) mass is 331 g/mol. The highest BCUT2D eigenvalue weighted by atomic mass is 35.5. The van der Waals surface area contributed by atoms with E-state index >= 15 is 0 Å². The van der Waals surface area contributed by atoms with Crippen molar-refractivity contribution in [2.45, 2.75) is 44.6 Å². The lowest BCUT2D eigenvalue weighted by Crippen LogP contribution is -2.51. The Labute approximate surface area is 135 Å². The number of aromatic nitrogens is 3. The maximum absolute atomic E-state index is 12.3. The number of H-pyrrole nitrogens is 1. The van der Waals surface area contributed by atoms with Crippen molar-refractivity contribution in [1.82, 2.24) is 15.2 Å². The summed E-state index contributed by atoms with van der Waals surface area (Å²) in [7, 11) is 1.30. The van der Waals surface area contributed by atoms with Gasteiger partial charge in [0.15, 0.2) is 0 Å². The fourth-order valence-corrected chi connectivity index (χ4v) is 2.63. The molecule has 8 nitrogen and oxygen atoms in total. The summed E-state index contributed by atoms with van der Waals surface area (Å²) in [4.78, 5) is 27.5. The first kappa shape index (κ1) is 18.4. The number of methoxy groups -OCH3 is 1. The highest BCUT2D eigenvalue weighted by Gasteiger charge is 2.38. The molecule has 1 aliphatic rings. The van der Waals surface area contributed by atoms with Gasteiger partial charge in [0.1, 0.15) is 12.2 Å². The highest BCUT2D eigenvalue weighted by molar-refractivity contribution is 5.92. The number of nitrogens with two attached hydrogens (primary N) is 1. The predicted octanol–water partition coefficient (Wildman–Crippen LogP) is 0.788. The second-order valence-electron chi connectivity index (χ2n) is 5.65. The number of halogens is 1. The van der Waals surface area contributed by atoms with Gasteiger partial charge in [-0.1, -0.05) is 12.8 Å². The fourth-order valence-electron chi connectivity index (χ4n) is 2.63. The molecule has 1 aromatic heterocycles. The van der Waals surface area contributed by atoms with Crippen molar-refractivity contribution in [2.75, 3.05) is 12.4 Å². The Morgan fingerprint density at radius 1 is 1.50 bits per heavy atom. The summed E-state index contributed by atoms with van der Waals surface area (Å²) in [6.07, 6.45) is 3.61. The standard InChI is InChI=1S/C13H21N5O3.ClH/c1-13(14)6-4-3-5-8(13)11(20)16-12-15-9(17-18-12)7-10(19)21-2;/h8H,3-7,14H2,1-2H3,(H2,15,16,17,18,20);1H. The van der Waals surface area contributed by atoms with E-state index < -0.39 is 11.5 Å². The second-order valence-corrected chi connectivity index (χ2v) is 5.65. The molecular formula is C13H22ClN5O3. The van der Waals surface area contributed by atoms with Crippen molar-refractivity contribution in [3.05, 3.63) is 5.82 Å². The Hall–Kier alpha value is -1.67. The summed E-state index contributed by atoms with van der Waals surface area (Å²) in [5.41, 5.74) is 5.69. The fraction of sp³-hybridized carbons (Fsp3) is 0.692. The maximum Gasteiger partial charge on any atom is 0.313 e. The summed E-state index contributed by atoms with van der Waals surface area (Å²) in [6, 6.07) is 0. The molecule has 1 fully saturated rings. The average Bonchev–Trinajstić information content (AvgIpc) is 2.85. The Morgan fingerprint density at radius 2 is 2.23 bits per heavy atom. The molecule has 1 heterocycles. The van der Waals surface area contributed by atoms with E-state index in [0.717, 1.165) is 25.7 Å². The summed E-state index contributed by atoms with van der Waals surface area (Å²) in [6.45, 7) is 1.90. The van der Waals surface area contributed by atoms with Gasteiger partial charge < -0.3 is 10.5 Å². The topological polar surface area (TPSA) is 123 Å². The first-order chi connectivity index (χ1) is 9.92. The minimum Gasteiger partial charge on any atom is -0.469 e. The van der Waals surface area contributed by atoms with Crippen LogP contribution in [-0.4, -0.2) is 39.7 Å². The highest BCUT2D eigenvalue weighted by Crippen LogP contribution is 2.32. The lowest BCUT2D eigenvalue weighted by molar-refractivity contribution is -0.139. The van der Waals surface area contributed by atoms with Gasteiger partial charge in [0.2, 0.25) is 11.9 Å². The number of nitrogens with one attached hydrogen (secondary N) is 2. The summed E-state index contributed by atoms with van der Waals surface area (Å²) < 4.78 is 4.54. The van der Waals surface area contributed by atoms with E-state index in [1.54, 1.807) is 0 Å². The van der Waals surface area contributed by atoms with Crippen LogP contribution < -0.4 is 11.1 Å². The zero-order valence-corrected chi connectivity index (χ0v) is 13.5. The van der Waals surface area contributed by atoms with Gasteiger partial charge in [-0.05, 0) is 19.8 Å². The molecule has 0 aliphatic heterocycles. The van der Waals surface area contributed by atoms with Crippen LogP contribution >= 0.6 is 12.4 Å². The number of nitrogens with zero attached hydrogens (tertiary/aromatic N) is 2. The molecule has 0 radical (unpaired) electrons. The molecule has 2 rings (SSSR count). The van der Waals surface area contributed by atoms with E-state index in [1.165, 1.54) is 7.11 Å². The van der Waals surface area contributed by atoms with Gasteiger partial charge in [0.05, 0.1) is 13.0 Å². The molecule has 0 aromatic carbocycles. The van der Waals surface area contributed by atoms with Gasteiger partial charge in [-0.3, -0.25) is 20.0 Å². The van der Waals surface area contributed by atoms with E-state index in [9.17, 15) is 9.59 Å². The van der Waals surface area contributed by atoms with E-state index in [4.69, 9.17) is 5.73 Å². The number of carbonyl (C=O) groups is 2. The molecule has 0 spiro atoms. The van der Waals surface area contributed by atoms with Gasteiger partial charge in [-0.25, -0.2) is 0 Å². The second kappa shape index (κ2) is 7.55. The third-order valence-electron chi connectivity index (χ3n) is 3.88. The molecule has 2 atom stereocenters. The molecule has 1 aromatic rings. The SMILES string of the molecule is COC(=O)Cc1nc(NC(=O)C2CCCCC2(C)N)n[nH]1.Cl. The Kier molecular flexibility index (Phi) is 6.31. The normalized spacial score (nSPS) is 24.2. The molecule has 1 aliphatic carbocycles. The van der Waals surface area contributed by atoms with Crippen LogP contribution in [0.3, 0.4) is 0 Å². The molecule has 1 saturated carbocycles. The Bertz CT molecular complexity index is 532. The molecule has 0 bridgehead atoms. The zero-order valence-electron chi connectivity index (χ0n) is 12.7. The quantitative estimate of drug-likeness (QED) is 0.701. The minimum absolute atomic E-state index is 0.